The smallest absolute Gasteiger partial charge is 0.744 e. The van der Waals surface area contributed by atoms with Crippen LogP contribution in [0.3, 0.4) is 0 Å². The molecule has 0 amide bonds. The van der Waals surface area contributed by atoms with E-state index in [4.69, 9.17) is 235 Å². The summed E-state index contributed by atoms with van der Waals surface area (Å²) in [7, 11) is -10.6. The molecule has 4 aliphatic rings. The van der Waals surface area contributed by atoms with Crippen molar-refractivity contribution in [3.63, 3.8) is 0 Å². The van der Waals surface area contributed by atoms with Crippen molar-refractivity contribution in [1.82, 2.24) is 79.7 Å². The van der Waals surface area contributed by atoms with Gasteiger partial charge >= 0.3 is 17.1 Å². The van der Waals surface area contributed by atoms with Gasteiger partial charge < -0.3 is 29.0 Å². The average Bonchev–Trinajstić information content (AvgIpc) is 1.61. The van der Waals surface area contributed by atoms with E-state index in [0.717, 1.165) is 0 Å². The molecule has 18 rings (SSSR count). The Labute approximate surface area is 675 Å². The van der Waals surface area contributed by atoms with Crippen LogP contribution in [0.2, 0.25) is 80.4 Å². The maximum Gasteiger partial charge on any atom is 2.00 e. The molecule has 0 aliphatic carbocycles. The van der Waals surface area contributed by atoms with Crippen molar-refractivity contribution in [2.24, 2.45) is 0 Å². The van der Waals surface area contributed by atoms with Crippen LogP contribution in [-0.4, -0.2) is 106 Å². The van der Waals surface area contributed by atoms with Gasteiger partial charge in [-0.05, 0) is 12.1 Å². The molecule has 0 unspecified atom stereocenters. The maximum atomic E-state index is 12.8. The summed E-state index contributed by atoms with van der Waals surface area (Å²) in [5, 5.41) is -1.06. The number of aromatic amines is 4. The maximum absolute atomic E-state index is 12.8. The Morgan fingerprint density at radius 1 is 0.248 bits per heavy atom. The number of aromatic nitrogens is 16. The zero-order valence-corrected chi connectivity index (χ0v) is 64.7. The first kappa shape index (κ1) is 72.6. The zero-order chi connectivity index (χ0) is 73.1. The first-order valence-corrected chi connectivity index (χ1v) is 37.8. The van der Waals surface area contributed by atoms with Crippen molar-refractivity contribution in [3.05, 3.63) is 165 Å². The van der Waals surface area contributed by atoms with Gasteiger partial charge in [0.15, 0.2) is 46.6 Å². The van der Waals surface area contributed by atoms with Crippen LogP contribution in [0.25, 0.3) is 179 Å². The second kappa shape index (κ2) is 26.4. The van der Waals surface area contributed by atoms with E-state index in [9.17, 15) is 25.9 Å². The van der Waals surface area contributed by atoms with Crippen molar-refractivity contribution in [1.29, 1.82) is 0 Å². The zero-order valence-electron chi connectivity index (χ0n) is 50.1. The molecule has 4 aliphatic heterocycles. The molecule has 6 aromatic heterocycles. The number of rotatable bonds is 2. The molecule has 0 saturated carbocycles. The molecule has 525 valence electrons. The molecule has 105 heavy (non-hydrogen) atoms. The fourth-order valence-corrected chi connectivity index (χ4v) is 18.6. The van der Waals surface area contributed by atoms with Gasteiger partial charge in [-0.15, -0.1) is 0 Å². The van der Waals surface area contributed by atoms with Crippen LogP contribution in [0.4, 0.5) is 0 Å². The third kappa shape index (κ3) is 11.4. The summed E-state index contributed by atoms with van der Waals surface area (Å²) >= 11 is 106. The second-order valence-electron chi connectivity index (χ2n) is 22.6. The minimum Gasteiger partial charge on any atom is -0.744 e. The normalized spacial score (nSPS) is 12.4. The van der Waals surface area contributed by atoms with Crippen molar-refractivity contribution in [2.45, 2.75) is 9.79 Å². The number of fused-ring (bicyclic) bond motifs is 40. The van der Waals surface area contributed by atoms with Crippen LogP contribution in [0.5, 0.6) is 0 Å². The first-order valence-electron chi connectivity index (χ1n) is 28.9. The Morgan fingerprint density at radius 3 is 0.781 bits per heavy atom. The molecule has 8 aromatic carbocycles. The predicted molar refractivity (Wildman–Crippen MR) is 408 cm³/mol. The van der Waals surface area contributed by atoms with Gasteiger partial charge in [0.25, 0.3) is 0 Å². The monoisotopic (exact) mass is 1790 g/mol. The van der Waals surface area contributed by atoms with Gasteiger partial charge in [-0.2, -0.15) is 0 Å². The van der Waals surface area contributed by atoms with Crippen LogP contribution in [0, 0.1) is 0 Å². The second-order valence-corrected chi connectivity index (χ2v) is 31.3. The Hall–Kier alpha value is -6.54. The molecular weight excluding hydrogens is 1780 g/mol. The Morgan fingerprint density at radius 2 is 0.486 bits per heavy atom. The third-order valence-electron chi connectivity index (χ3n) is 16.8. The number of nitrogens with zero attached hydrogens (tertiary/aromatic N) is 12. The van der Waals surface area contributed by atoms with E-state index in [-0.39, 0.29) is 192 Å². The number of H-pyrrole nitrogens is 4. The van der Waals surface area contributed by atoms with E-state index >= 15 is 0 Å². The summed E-state index contributed by atoms with van der Waals surface area (Å²) in [6, 6.07) is 24.7. The molecule has 16 bridgehead atoms. The van der Waals surface area contributed by atoms with E-state index in [2.05, 4.69) is 29.9 Å². The molecular formula is C64H18Cl16CuN16O6S2. The Kier molecular flexibility index (Phi) is 18.2. The summed E-state index contributed by atoms with van der Waals surface area (Å²) in [5.41, 5.74) is 3.31. The van der Waals surface area contributed by atoms with Crippen molar-refractivity contribution in [3.8, 4) is 91.1 Å². The Bertz CT molecular complexity index is 6660. The molecule has 14 aromatic rings. The molecule has 22 nitrogen and oxygen atoms in total. The van der Waals surface area contributed by atoms with Crippen LogP contribution in [-0.2, 0) is 37.3 Å². The van der Waals surface area contributed by atoms with Crippen LogP contribution < -0.4 is 0 Å². The van der Waals surface area contributed by atoms with Crippen LogP contribution >= 0.6 is 186 Å². The number of nitrogens with one attached hydrogen (secondary N) is 4. The summed E-state index contributed by atoms with van der Waals surface area (Å²) in [6.45, 7) is 0. The van der Waals surface area contributed by atoms with E-state index in [1.165, 1.54) is 0 Å². The first-order chi connectivity index (χ1) is 49.5. The van der Waals surface area contributed by atoms with E-state index in [1.54, 1.807) is 84.9 Å². The number of benzene rings is 8. The summed E-state index contributed by atoms with van der Waals surface area (Å²) < 4.78 is 76.9. The summed E-state index contributed by atoms with van der Waals surface area (Å²) in [4.78, 5) is 67.5. The van der Waals surface area contributed by atoms with Gasteiger partial charge in [0.05, 0.1) is 112 Å². The summed E-state index contributed by atoms with van der Waals surface area (Å²) in [5.74, 6) is 0.447. The molecule has 10 heterocycles. The molecule has 0 atom stereocenters. The quantitative estimate of drug-likeness (QED) is 0.0540. The van der Waals surface area contributed by atoms with Crippen LogP contribution in [0.1, 0.15) is 0 Å². The Balaban J connectivity index is 0.000000160. The molecule has 0 spiro atoms. The van der Waals surface area contributed by atoms with Gasteiger partial charge in [-0.25, -0.2) is 76.6 Å². The van der Waals surface area contributed by atoms with Crippen molar-refractivity contribution >= 4 is 294 Å². The van der Waals surface area contributed by atoms with E-state index < -0.39 is 50.1 Å². The average molecular weight is 1800 g/mol. The van der Waals surface area contributed by atoms with Crippen molar-refractivity contribution < 1.29 is 43.0 Å². The number of hydrogen-bond donors (Lipinski definition) is 4. The minimum atomic E-state index is -5.32. The fraction of sp³-hybridized carbons (Fsp3) is 0. The SMILES string of the molecule is O=S(=O)([O-])c1c(Cl)c(Cl)c(Cl)c2c3nc4nc(nc5[nH]c(nc6nc(nc([nH]3)c12)-c1ccccc1-6)c1cccc(Cl)c51)-c1c(Cl)c(Cl)c(Cl)c(Cl)c1-4.O=S(=O)([O-])c1c(Cl)c(Cl)c(Cl)c2c3nc4nc(nc5[nH]c(nc6nc(nc([nH]3)c12)-c1ccccc1-6)c1cccc(Cl)c51)-c1c(Cl)c(Cl)c(Cl)c(Cl)c1-4.[Cu+2]. The number of hydrogen-bond acceptors (Lipinski definition) is 18. The molecule has 0 fully saturated rings. The van der Waals surface area contributed by atoms with Gasteiger partial charge in [0.2, 0.25) is 0 Å². The molecule has 4 N–H and O–H groups in total. The van der Waals surface area contributed by atoms with Gasteiger partial charge in [-0.1, -0.05) is 258 Å². The van der Waals surface area contributed by atoms with Crippen molar-refractivity contribution in [2.75, 3.05) is 0 Å². The minimum absolute atomic E-state index is 0. The van der Waals surface area contributed by atoms with E-state index in [1.807, 2.05) is 0 Å². The molecule has 0 saturated heterocycles. The van der Waals surface area contributed by atoms with Crippen LogP contribution in [0.15, 0.2) is 94.7 Å². The molecule has 1 radical (unpaired) electrons. The van der Waals surface area contributed by atoms with Gasteiger partial charge in [0.1, 0.15) is 65.4 Å². The van der Waals surface area contributed by atoms with Gasteiger partial charge in [0, 0.05) is 65.3 Å². The fourth-order valence-electron chi connectivity index (χ4n) is 12.4. The molecule has 41 heteroatoms. The third-order valence-corrected chi connectivity index (χ3v) is 25.7. The van der Waals surface area contributed by atoms with Gasteiger partial charge in [-0.3, -0.25) is 0 Å². The topological polar surface area (TPSA) is 332 Å². The van der Waals surface area contributed by atoms with E-state index in [0.29, 0.717) is 65.1 Å². The predicted octanol–water partition coefficient (Wildman–Crippen LogP) is 22.0. The largest absolute Gasteiger partial charge is 2.00 e. The number of halogens is 16. The summed E-state index contributed by atoms with van der Waals surface area (Å²) in [6.07, 6.45) is 0. The standard InChI is InChI=1S/2C32H10Cl8N8O3S.Cu/c2*33-11-7-3-6-10-12(11)28-44-27(10)42-25-8-4-1-2-5-9(8)26(41-25)43-32-16-15(19(36)22(39)23(40)24(16)52(49,50)51)31(48-32)47-30-14-13(29(45-28)46-30)17(34)20(37)21(38)18(14)35;/h2*1-7H,(H,49,50,51)(H2,41,42,43,44,45,46,47,48);/q;;+2/p-2.